The van der Waals surface area contributed by atoms with Gasteiger partial charge >= 0.3 is 0 Å². The molecular formula is C12H20N4O. The summed E-state index contributed by atoms with van der Waals surface area (Å²) < 4.78 is 1.63. The Hall–Kier alpha value is -1.36. The summed E-state index contributed by atoms with van der Waals surface area (Å²) in [6, 6.07) is 2.06. The molecule has 1 aromatic rings. The lowest BCUT2D eigenvalue weighted by Gasteiger charge is -2.31. The van der Waals surface area contributed by atoms with Crippen LogP contribution in [0.5, 0.6) is 0 Å². The van der Waals surface area contributed by atoms with Gasteiger partial charge in [-0.1, -0.05) is 12.8 Å². The molecule has 94 valence electrons. The molecule has 1 saturated carbocycles. The van der Waals surface area contributed by atoms with Crippen molar-refractivity contribution in [2.45, 2.75) is 38.3 Å². The van der Waals surface area contributed by atoms with E-state index in [9.17, 15) is 4.79 Å². The molecule has 0 aliphatic heterocycles. The van der Waals surface area contributed by atoms with E-state index in [0.29, 0.717) is 19.0 Å². The fourth-order valence-corrected chi connectivity index (χ4v) is 2.47. The Morgan fingerprint density at radius 1 is 1.47 bits per heavy atom. The van der Waals surface area contributed by atoms with Crippen molar-refractivity contribution in [3.05, 3.63) is 18.5 Å². The summed E-state index contributed by atoms with van der Waals surface area (Å²) in [7, 11) is 0. The number of carbonyl (C=O) groups excluding carboxylic acids is 1. The van der Waals surface area contributed by atoms with Crippen LogP contribution in [0.4, 0.5) is 0 Å². The molecule has 2 unspecified atom stereocenters. The molecule has 0 aromatic carbocycles. The number of amides is 1. The first-order valence-corrected chi connectivity index (χ1v) is 6.26. The Morgan fingerprint density at radius 3 is 3.00 bits per heavy atom. The number of aromatic nitrogens is 2. The lowest BCUT2D eigenvalue weighted by molar-refractivity contribution is -0.123. The van der Waals surface area contributed by atoms with Gasteiger partial charge in [0.2, 0.25) is 5.91 Å². The molecule has 5 heteroatoms. The van der Waals surface area contributed by atoms with E-state index in [2.05, 4.69) is 10.4 Å². The second kappa shape index (κ2) is 5.82. The number of rotatable bonds is 4. The minimum Gasteiger partial charge on any atom is -0.351 e. The normalized spacial score (nSPS) is 24.5. The average molecular weight is 236 g/mol. The smallest absolute Gasteiger partial charge is 0.241 e. The Morgan fingerprint density at radius 2 is 2.29 bits per heavy atom. The highest BCUT2D eigenvalue weighted by Gasteiger charge is 2.25. The van der Waals surface area contributed by atoms with Gasteiger partial charge in [0, 0.05) is 18.4 Å². The fraction of sp³-hybridized carbons (Fsp3) is 0.667. The SMILES string of the molecule is NCC1CCCCC1NC(=O)Cn1cccn1. The maximum Gasteiger partial charge on any atom is 0.241 e. The topological polar surface area (TPSA) is 72.9 Å². The minimum absolute atomic E-state index is 0.0269. The Bertz CT molecular complexity index is 349. The van der Waals surface area contributed by atoms with Crippen molar-refractivity contribution in [2.75, 3.05) is 6.54 Å². The molecule has 1 amide bonds. The summed E-state index contributed by atoms with van der Waals surface area (Å²) in [4.78, 5) is 11.8. The molecule has 2 atom stereocenters. The standard InChI is InChI=1S/C12H20N4O/c13-8-10-4-1-2-5-11(10)15-12(17)9-16-7-3-6-14-16/h3,6-7,10-11H,1-2,4-5,8-9,13H2,(H,15,17). The third kappa shape index (κ3) is 3.30. The molecule has 3 N–H and O–H groups in total. The lowest BCUT2D eigenvalue weighted by atomic mass is 9.84. The van der Waals surface area contributed by atoms with E-state index in [1.165, 1.54) is 12.8 Å². The van der Waals surface area contributed by atoms with Crippen LogP contribution in [-0.2, 0) is 11.3 Å². The van der Waals surface area contributed by atoms with Crippen molar-refractivity contribution in [2.24, 2.45) is 11.7 Å². The van der Waals surface area contributed by atoms with Gasteiger partial charge in [-0.25, -0.2) is 0 Å². The first-order valence-electron chi connectivity index (χ1n) is 6.26. The Balaban J connectivity index is 1.84. The van der Waals surface area contributed by atoms with Crippen LogP contribution < -0.4 is 11.1 Å². The number of nitrogens with zero attached hydrogens (tertiary/aromatic N) is 2. The van der Waals surface area contributed by atoms with Crippen molar-refractivity contribution in [3.8, 4) is 0 Å². The molecule has 0 saturated heterocycles. The van der Waals surface area contributed by atoms with Crippen LogP contribution in [0.15, 0.2) is 18.5 Å². The lowest BCUT2D eigenvalue weighted by Crippen LogP contribution is -2.45. The van der Waals surface area contributed by atoms with Gasteiger partial charge in [-0.3, -0.25) is 9.48 Å². The number of nitrogens with two attached hydrogens (primary N) is 1. The summed E-state index contributed by atoms with van der Waals surface area (Å²) in [5.74, 6) is 0.462. The van der Waals surface area contributed by atoms with Gasteiger partial charge < -0.3 is 11.1 Å². The minimum atomic E-state index is 0.0269. The van der Waals surface area contributed by atoms with E-state index >= 15 is 0 Å². The maximum atomic E-state index is 11.8. The highest BCUT2D eigenvalue weighted by Crippen LogP contribution is 2.23. The van der Waals surface area contributed by atoms with Crippen molar-refractivity contribution >= 4 is 5.91 Å². The summed E-state index contributed by atoms with van der Waals surface area (Å²) >= 11 is 0. The highest BCUT2D eigenvalue weighted by molar-refractivity contribution is 5.76. The van der Waals surface area contributed by atoms with Crippen LogP contribution in [-0.4, -0.2) is 28.3 Å². The van der Waals surface area contributed by atoms with E-state index in [1.54, 1.807) is 17.1 Å². The first kappa shape index (κ1) is 12.1. The van der Waals surface area contributed by atoms with Gasteiger partial charge in [0.1, 0.15) is 6.54 Å². The zero-order chi connectivity index (χ0) is 12.1. The third-order valence-electron chi connectivity index (χ3n) is 3.42. The van der Waals surface area contributed by atoms with Gasteiger partial charge in [-0.2, -0.15) is 5.10 Å². The largest absolute Gasteiger partial charge is 0.351 e. The van der Waals surface area contributed by atoms with Gasteiger partial charge in [0.15, 0.2) is 0 Å². The van der Waals surface area contributed by atoms with E-state index in [0.717, 1.165) is 12.8 Å². The van der Waals surface area contributed by atoms with Crippen LogP contribution in [0.25, 0.3) is 0 Å². The summed E-state index contributed by atoms with van der Waals surface area (Å²) in [5.41, 5.74) is 5.74. The average Bonchev–Trinajstić information content (AvgIpc) is 2.82. The van der Waals surface area contributed by atoms with Crippen molar-refractivity contribution < 1.29 is 4.79 Å². The van der Waals surface area contributed by atoms with Crippen LogP contribution >= 0.6 is 0 Å². The predicted molar refractivity (Wildman–Crippen MR) is 65.2 cm³/mol. The number of hydrogen-bond donors (Lipinski definition) is 2. The van der Waals surface area contributed by atoms with Gasteiger partial charge in [-0.15, -0.1) is 0 Å². The number of carbonyl (C=O) groups is 1. The second-order valence-electron chi connectivity index (χ2n) is 4.66. The van der Waals surface area contributed by atoms with Crippen LogP contribution in [0.2, 0.25) is 0 Å². The molecular weight excluding hydrogens is 216 g/mol. The number of hydrogen-bond acceptors (Lipinski definition) is 3. The van der Waals surface area contributed by atoms with Crippen molar-refractivity contribution in [1.82, 2.24) is 15.1 Å². The van der Waals surface area contributed by atoms with Crippen molar-refractivity contribution in [3.63, 3.8) is 0 Å². The summed E-state index contributed by atoms with van der Waals surface area (Å²) in [6.45, 7) is 0.952. The van der Waals surface area contributed by atoms with Crippen molar-refractivity contribution in [1.29, 1.82) is 0 Å². The van der Waals surface area contributed by atoms with Crippen LogP contribution in [0.3, 0.4) is 0 Å². The predicted octanol–water partition coefficient (Wildman–Crippen LogP) is 0.517. The van der Waals surface area contributed by atoms with E-state index in [4.69, 9.17) is 5.73 Å². The highest BCUT2D eigenvalue weighted by atomic mass is 16.2. The van der Waals surface area contributed by atoms with Crippen LogP contribution in [0, 0.1) is 5.92 Å². The molecule has 1 aromatic heterocycles. The third-order valence-corrected chi connectivity index (χ3v) is 3.42. The Kier molecular flexibility index (Phi) is 4.14. The molecule has 5 nitrogen and oxygen atoms in total. The molecule has 2 rings (SSSR count). The molecule has 0 bridgehead atoms. The molecule has 0 spiro atoms. The molecule has 0 radical (unpaired) electrons. The number of nitrogens with one attached hydrogen (secondary N) is 1. The van der Waals surface area contributed by atoms with Gasteiger partial charge in [-0.05, 0) is 31.4 Å². The zero-order valence-corrected chi connectivity index (χ0v) is 10.0. The molecule has 1 aliphatic rings. The van der Waals surface area contributed by atoms with E-state index < -0.39 is 0 Å². The van der Waals surface area contributed by atoms with Gasteiger partial charge in [0.05, 0.1) is 0 Å². The fourth-order valence-electron chi connectivity index (χ4n) is 2.47. The molecule has 1 fully saturated rings. The summed E-state index contributed by atoms with van der Waals surface area (Å²) in [5, 5.41) is 7.10. The Labute approximate surface area is 101 Å². The monoisotopic (exact) mass is 236 g/mol. The molecule has 1 aliphatic carbocycles. The second-order valence-corrected chi connectivity index (χ2v) is 4.66. The van der Waals surface area contributed by atoms with Crippen LogP contribution in [0.1, 0.15) is 25.7 Å². The first-order chi connectivity index (χ1) is 8.29. The zero-order valence-electron chi connectivity index (χ0n) is 10.0. The van der Waals surface area contributed by atoms with E-state index in [-0.39, 0.29) is 11.9 Å². The van der Waals surface area contributed by atoms with Gasteiger partial charge in [0.25, 0.3) is 0 Å². The quantitative estimate of drug-likeness (QED) is 0.800. The molecule has 1 heterocycles. The van der Waals surface area contributed by atoms with E-state index in [1.807, 2.05) is 6.07 Å². The summed E-state index contributed by atoms with van der Waals surface area (Å²) in [6.07, 6.45) is 8.06. The maximum absolute atomic E-state index is 11.8. The molecule has 17 heavy (non-hydrogen) atoms.